The summed E-state index contributed by atoms with van der Waals surface area (Å²) in [5.74, 6) is -9.91. The number of benzene rings is 1. The maximum atomic E-state index is 13.2. The van der Waals surface area contributed by atoms with Crippen LogP contribution in [0.1, 0.15) is 6.42 Å². The first-order chi connectivity index (χ1) is 9.00. The zero-order valence-corrected chi connectivity index (χ0v) is 9.91. The molecule has 1 N–H and O–H groups in total. The van der Waals surface area contributed by atoms with Gasteiger partial charge in [0.15, 0.2) is 23.3 Å². The normalized spacial score (nSPS) is 10.6. The number of rotatable bonds is 7. The topological polar surface area (TPSA) is 21.3 Å². The summed E-state index contributed by atoms with van der Waals surface area (Å²) in [5.41, 5.74) is -1.05. The van der Waals surface area contributed by atoms with Crippen molar-refractivity contribution in [2.75, 3.05) is 25.1 Å². The van der Waals surface area contributed by atoms with Gasteiger partial charge in [0.2, 0.25) is 5.82 Å². The van der Waals surface area contributed by atoms with Crippen LogP contribution in [0, 0.1) is 29.1 Å². The van der Waals surface area contributed by atoms with E-state index in [1.165, 1.54) is 0 Å². The van der Waals surface area contributed by atoms with Gasteiger partial charge in [-0.25, -0.2) is 22.0 Å². The minimum Gasteiger partial charge on any atom is -0.379 e. The molecule has 2 nitrogen and oxygen atoms in total. The summed E-state index contributed by atoms with van der Waals surface area (Å²) in [5, 5.41) is 2.12. The van der Waals surface area contributed by atoms with Gasteiger partial charge in [0.1, 0.15) is 5.69 Å². The summed E-state index contributed by atoms with van der Waals surface area (Å²) in [6.45, 7) is 3.80. The van der Waals surface area contributed by atoms with E-state index in [0.717, 1.165) is 0 Å². The lowest BCUT2D eigenvalue weighted by Crippen LogP contribution is -2.14. The lowest BCUT2D eigenvalue weighted by molar-refractivity contribution is 0.148. The third-order valence-corrected chi connectivity index (χ3v) is 2.22. The van der Waals surface area contributed by atoms with Crippen LogP contribution < -0.4 is 5.32 Å². The molecule has 0 aliphatic carbocycles. The standard InChI is InChI=1S/C12H12F5NO/c1-2-3-5-19-6-4-18-12-10(16)8(14)7(13)9(15)11(12)17/h2,18H,1,3-6H2. The molecule has 0 unspecified atom stereocenters. The third kappa shape index (κ3) is 3.66. The van der Waals surface area contributed by atoms with Gasteiger partial charge in [0.05, 0.1) is 13.2 Å². The summed E-state index contributed by atoms with van der Waals surface area (Å²) in [6, 6.07) is 0. The molecule has 106 valence electrons. The predicted octanol–water partition coefficient (Wildman–Crippen LogP) is 3.39. The van der Waals surface area contributed by atoms with Gasteiger partial charge in [-0.15, -0.1) is 6.58 Å². The lowest BCUT2D eigenvalue weighted by atomic mass is 10.2. The van der Waals surface area contributed by atoms with Crippen LogP contribution in [0.15, 0.2) is 12.7 Å². The summed E-state index contributed by atoms with van der Waals surface area (Å²) in [4.78, 5) is 0. The van der Waals surface area contributed by atoms with Crippen LogP contribution in [-0.4, -0.2) is 19.8 Å². The van der Waals surface area contributed by atoms with Gasteiger partial charge < -0.3 is 10.1 Å². The zero-order valence-electron chi connectivity index (χ0n) is 9.91. The van der Waals surface area contributed by atoms with E-state index >= 15 is 0 Å². The highest BCUT2D eigenvalue weighted by atomic mass is 19.2. The first-order valence-electron chi connectivity index (χ1n) is 5.44. The number of nitrogens with one attached hydrogen (secondary N) is 1. The molecule has 0 heterocycles. The highest BCUT2D eigenvalue weighted by molar-refractivity contribution is 5.47. The van der Waals surface area contributed by atoms with Crippen LogP contribution in [0.5, 0.6) is 0 Å². The predicted molar refractivity (Wildman–Crippen MR) is 60.4 cm³/mol. The van der Waals surface area contributed by atoms with Crippen molar-refractivity contribution in [1.29, 1.82) is 0 Å². The van der Waals surface area contributed by atoms with E-state index in [2.05, 4.69) is 11.9 Å². The van der Waals surface area contributed by atoms with Gasteiger partial charge in [0.25, 0.3) is 0 Å². The fourth-order valence-corrected chi connectivity index (χ4v) is 1.28. The molecule has 0 radical (unpaired) electrons. The van der Waals surface area contributed by atoms with Gasteiger partial charge >= 0.3 is 0 Å². The molecule has 19 heavy (non-hydrogen) atoms. The first kappa shape index (κ1) is 15.4. The molecule has 1 aromatic carbocycles. The maximum absolute atomic E-state index is 13.2. The Morgan fingerprint density at radius 1 is 0.895 bits per heavy atom. The molecule has 0 fully saturated rings. The van der Waals surface area contributed by atoms with Crippen LogP contribution in [0.4, 0.5) is 27.6 Å². The zero-order chi connectivity index (χ0) is 14.4. The quantitative estimate of drug-likeness (QED) is 0.272. The van der Waals surface area contributed by atoms with Crippen LogP contribution >= 0.6 is 0 Å². The van der Waals surface area contributed by atoms with E-state index in [-0.39, 0.29) is 13.2 Å². The second-order valence-corrected chi connectivity index (χ2v) is 3.56. The Bertz CT molecular complexity index is 435. The van der Waals surface area contributed by atoms with Crippen molar-refractivity contribution < 1.29 is 26.7 Å². The second kappa shape index (κ2) is 7.08. The van der Waals surface area contributed by atoms with Crippen molar-refractivity contribution in [2.24, 2.45) is 0 Å². The fourth-order valence-electron chi connectivity index (χ4n) is 1.28. The highest BCUT2D eigenvalue weighted by Crippen LogP contribution is 2.26. The highest BCUT2D eigenvalue weighted by Gasteiger charge is 2.25. The van der Waals surface area contributed by atoms with Crippen LogP contribution in [0.2, 0.25) is 0 Å². The Morgan fingerprint density at radius 3 is 1.95 bits per heavy atom. The van der Waals surface area contributed by atoms with Gasteiger partial charge in [0, 0.05) is 6.54 Å². The molecule has 0 aliphatic rings. The first-order valence-corrected chi connectivity index (χ1v) is 5.44. The van der Waals surface area contributed by atoms with E-state index in [4.69, 9.17) is 4.74 Å². The molecular weight excluding hydrogens is 269 g/mol. The average Bonchev–Trinajstić information content (AvgIpc) is 2.41. The second-order valence-electron chi connectivity index (χ2n) is 3.56. The van der Waals surface area contributed by atoms with E-state index in [1.807, 2.05) is 0 Å². The molecule has 0 aliphatic heterocycles. The number of anilines is 1. The van der Waals surface area contributed by atoms with Crippen LogP contribution in [-0.2, 0) is 4.74 Å². The molecule has 1 rings (SSSR count). The number of ether oxygens (including phenoxy) is 1. The Morgan fingerprint density at radius 2 is 1.42 bits per heavy atom. The van der Waals surface area contributed by atoms with E-state index in [9.17, 15) is 22.0 Å². The van der Waals surface area contributed by atoms with Crippen molar-refractivity contribution in [1.82, 2.24) is 0 Å². The molecule has 0 aromatic heterocycles. The monoisotopic (exact) mass is 281 g/mol. The van der Waals surface area contributed by atoms with Crippen LogP contribution in [0.3, 0.4) is 0 Å². The number of hydrogen-bond acceptors (Lipinski definition) is 2. The van der Waals surface area contributed by atoms with E-state index < -0.39 is 34.8 Å². The van der Waals surface area contributed by atoms with Crippen molar-refractivity contribution in [3.8, 4) is 0 Å². The molecule has 1 aromatic rings. The van der Waals surface area contributed by atoms with Gasteiger partial charge in [-0.3, -0.25) is 0 Å². The van der Waals surface area contributed by atoms with Gasteiger partial charge in [-0.1, -0.05) is 6.08 Å². The SMILES string of the molecule is C=CCCOCCNc1c(F)c(F)c(F)c(F)c1F. The minimum absolute atomic E-state index is 0.0628. The third-order valence-electron chi connectivity index (χ3n) is 2.22. The van der Waals surface area contributed by atoms with Crippen molar-refractivity contribution >= 4 is 5.69 Å². The minimum atomic E-state index is -2.18. The van der Waals surface area contributed by atoms with Crippen LogP contribution in [0.25, 0.3) is 0 Å². The molecule has 0 atom stereocenters. The largest absolute Gasteiger partial charge is 0.379 e. The summed E-state index contributed by atoms with van der Waals surface area (Å²) >= 11 is 0. The molecule has 0 bridgehead atoms. The van der Waals surface area contributed by atoms with Crippen molar-refractivity contribution in [3.63, 3.8) is 0 Å². The molecule has 0 saturated heterocycles. The molecule has 0 spiro atoms. The van der Waals surface area contributed by atoms with E-state index in [1.54, 1.807) is 6.08 Å². The summed E-state index contributed by atoms with van der Waals surface area (Å²) in [6.07, 6.45) is 2.22. The Labute approximate surface area is 106 Å². The smallest absolute Gasteiger partial charge is 0.200 e. The van der Waals surface area contributed by atoms with Gasteiger partial charge in [-0.2, -0.15) is 0 Å². The number of hydrogen-bond donors (Lipinski definition) is 1. The fraction of sp³-hybridized carbons (Fsp3) is 0.333. The summed E-state index contributed by atoms with van der Waals surface area (Å²) < 4.78 is 69.8. The van der Waals surface area contributed by atoms with E-state index in [0.29, 0.717) is 13.0 Å². The summed E-state index contributed by atoms with van der Waals surface area (Å²) in [7, 11) is 0. The molecule has 7 heteroatoms. The molecule has 0 amide bonds. The van der Waals surface area contributed by atoms with Gasteiger partial charge in [-0.05, 0) is 6.42 Å². The maximum Gasteiger partial charge on any atom is 0.200 e. The Hall–Kier alpha value is -1.63. The lowest BCUT2D eigenvalue weighted by Gasteiger charge is -2.10. The number of halogens is 5. The van der Waals surface area contributed by atoms with Crippen molar-refractivity contribution in [3.05, 3.63) is 41.7 Å². The Kier molecular flexibility index (Phi) is 5.75. The average molecular weight is 281 g/mol. The Balaban J connectivity index is 2.66. The molecular formula is C12H12F5NO. The molecule has 0 saturated carbocycles. The van der Waals surface area contributed by atoms with Crippen molar-refractivity contribution in [2.45, 2.75) is 6.42 Å².